The monoisotopic (exact) mass is 238 g/mol. The van der Waals surface area contributed by atoms with E-state index in [0.29, 0.717) is 23.7 Å². The number of hydrogen-bond donors (Lipinski definition) is 1. The molecule has 0 amide bonds. The molecule has 0 radical (unpaired) electrons. The Labute approximate surface area is 105 Å². The summed E-state index contributed by atoms with van der Waals surface area (Å²) in [6.45, 7) is 9.03. The van der Waals surface area contributed by atoms with Crippen molar-refractivity contribution in [2.75, 3.05) is 0 Å². The molecule has 2 heteroatoms. The van der Waals surface area contributed by atoms with Crippen LogP contribution in [0.15, 0.2) is 0 Å². The van der Waals surface area contributed by atoms with Gasteiger partial charge in [-0.3, -0.25) is 0 Å². The Morgan fingerprint density at radius 3 is 2.41 bits per heavy atom. The van der Waals surface area contributed by atoms with Crippen LogP contribution in [-0.2, 0) is 4.74 Å². The van der Waals surface area contributed by atoms with Gasteiger partial charge in [0.05, 0.1) is 17.3 Å². The predicted octanol–water partition coefficient (Wildman–Crippen LogP) is 2.99. The normalized spacial score (nSPS) is 57.5. The van der Waals surface area contributed by atoms with Gasteiger partial charge in [0.1, 0.15) is 0 Å². The number of ether oxygens (including phenoxy) is 1. The fraction of sp³-hybridized carbons (Fsp3) is 1.00. The van der Waals surface area contributed by atoms with E-state index >= 15 is 0 Å². The molecule has 17 heavy (non-hydrogen) atoms. The molecule has 2 aliphatic heterocycles. The van der Waals surface area contributed by atoms with Crippen molar-refractivity contribution in [1.29, 1.82) is 0 Å². The first-order chi connectivity index (χ1) is 7.87. The minimum absolute atomic E-state index is 0.0439. The molecular formula is C15H26O2. The zero-order valence-corrected chi connectivity index (χ0v) is 11.6. The first-order valence-electron chi connectivity index (χ1n) is 7.26. The van der Waals surface area contributed by atoms with Crippen molar-refractivity contribution < 1.29 is 9.84 Å². The molecule has 2 nitrogen and oxygen atoms in total. The third-order valence-electron chi connectivity index (χ3n) is 5.98. The van der Waals surface area contributed by atoms with Crippen LogP contribution in [0.5, 0.6) is 0 Å². The highest BCUT2D eigenvalue weighted by atomic mass is 16.5. The molecule has 2 aliphatic carbocycles. The summed E-state index contributed by atoms with van der Waals surface area (Å²) in [5, 5.41) is 10.7. The number of aliphatic hydroxyl groups excluding tert-OH is 1. The van der Waals surface area contributed by atoms with Crippen molar-refractivity contribution in [1.82, 2.24) is 0 Å². The first kappa shape index (κ1) is 12.0. The number of aliphatic hydroxyl groups is 1. The van der Waals surface area contributed by atoms with E-state index in [2.05, 4.69) is 27.7 Å². The number of fused-ring (bicyclic) bond motifs is 1. The SMILES string of the molecule is CC(C)C1CCC2(C)OC3(C)CCC2C1C3O. The van der Waals surface area contributed by atoms with Crippen molar-refractivity contribution in [2.24, 2.45) is 23.7 Å². The van der Waals surface area contributed by atoms with Gasteiger partial charge in [0, 0.05) is 0 Å². The minimum atomic E-state index is -0.276. The second-order valence-corrected chi connectivity index (χ2v) is 7.34. The summed E-state index contributed by atoms with van der Waals surface area (Å²) < 4.78 is 6.32. The smallest absolute Gasteiger partial charge is 0.0922 e. The van der Waals surface area contributed by atoms with Gasteiger partial charge < -0.3 is 9.84 Å². The van der Waals surface area contributed by atoms with Crippen molar-refractivity contribution in [2.45, 2.75) is 70.7 Å². The van der Waals surface area contributed by atoms with Crippen molar-refractivity contribution >= 4 is 0 Å². The van der Waals surface area contributed by atoms with Gasteiger partial charge in [-0.1, -0.05) is 13.8 Å². The summed E-state index contributed by atoms with van der Waals surface area (Å²) in [6, 6.07) is 0. The fourth-order valence-electron chi connectivity index (χ4n) is 5.03. The summed E-state index contributed by atoms with van der Waals surface area (Å²) in [5.74, 6) is 2.43. The molecule has 0 aromatic heterocycles. The molecule has 0 spiro atoms. The van der Waals surface area contributed by atoms with Gasteiger partial charge in [0.25, 0.3) is 0 Å². The molecule has 4 aliphatic rings. The zero-order chi connectivity index (χ0) is 12.4. The van der Waals surface area contributed by atoms with Crippen molar-refractivity contribution in [3.05, 3.63) is 0 Å². The van der Waals surface area contributed by atoms with Crippen LogP contribution in [-0.4, -0.2) is 22.4 Å². The maximum absolute atomic E-state index is 10.7. The maximum Gasteiger partial charge on any atom is 0.0922 e. The van der Waals surface area contributed by atoms with Gasteiger partial charge in [-0.2, -0.15) is 0 Å². The summed E-state index contributed by atoms with van der Waals surface area (Å²) in [4.78, 5) is 0. The van der Waals surface area contributed by atoms with E-state index in [9.17, 15) is 5.11 Å². The standard InChI is InChI=1S/C15H26O2/c1-9(2)10-5-7-14(3)11-6-8-15(4,17-14)13(16)12(10)11/h9-13,16H,5-8H2,1-4H3. The molecular weight excluding hydrogens is 212 g/mol. The second-order valence-electron chi connectivity index (χ2n) is 7.34. The third-order valence-corrected chi connectivity index (χ3v) is 5.98. The highest BCUT2D eigenvalue weighted by Gasteiger charge is 2.63. The molecule has 2 saturated carbocycles. The lowest BCUT2D eigenvalue weighted by Gasteiger charge is -2.65. The first-order valence-corrected chi connectivity index (χ1v) is 7.26. The van der Waals surface area contributed by atoms with Crippen LogP contribution in [0.1, 0.15) is 53.4 Å². The molecule has 2 saturated heterocycles. The van der Waals surface area contributed by atoms with Crippen LogP contribution in [0.2, 0.25) is 0 Å². The summed E-state index contributed by atoms with van der Waals surface area (Å²) in [5.41, 5.74) is -0.232. The molecule has 1 N–H and O–H groups in total. The molecule has 0 aromatic carbocycles. The van der Waals surface area contributed by atoms with Gasteiger partial charge >= 0.3 is 0 Å². The van der Waals surface area contributed by atoms with E-state index in [4.69, 9.17) is 4.74 Å². The van der Waals surface area contributed by atoms with Crippen LogP contribution >= 0.6 is 0 Å². The molecule has 6 unspecified atom stereocenters. The average Bonchev–Trinajstić information content (AvgIpc) is 2.23. The summed E-state index contributed by atoms with van der Waals surface area (Å²) >= 11 is 0. The Morgan fingerprint density at radius 1 is 1.12 bits per heavy atom. The fourth-order valence-corrected chi connectivity index (χ4v) is 5.03. The number of rotatable bonds is 1. The van der Waals surface area contributed by atoms with E-state index in [1.165, 1.54) is 19.3 Å². The van der Waals surface area contributed by atoms with E-state index in [0.717, 1.165) is 6.42 Å². The Hall–Kier alpha value is -0.0800. The van der Waals surface area contributed by atoms with Crippen LogP contribution in [0.4, 0.5) is 0 Å². The Balaban J connectivity index is 2.00. The molecule has 98 valence electrons. The molecule has 4 rings (SSSR count). The molecule has 0 aromatic rings. The molecule has 4 fully saturated rings. The second kappa shape index (κ2) is 3.48. The quantitative estimate of drug-likeness (QED) is 0.761. The Morgan fingerprint density at radius 2 is 1.76 bits per heavy atom. The minimum Gasteiger partial charge on any atom is -0.390 e. The van der Waals surface area contributed by atoms with Crippen LogP contribution < -0.4 is 0 Å². The molecule has 6 atom stereocenters. The van der Waals surface area contributed by atoms with Gasteiger partial charge in [-0.05, 0) is 63.2 Å². The van der Waals surface area contributed by atoms with E-state index in [1.54, 1.807) is 0 Å². The largest absolute Gasteiger partial charge is 0.390 e. The van der Waals surface area contributed by atoms with E-state index in [-0.39, 0.29) is 17.3 Å². The molecule has 4 bridgehead atoms. The molecule has 2 heterocycles. The predicted molar refractivity (Wildman–Crippen MR) is 67.7 cm³/mol. The lowest BCUT2D eigenvalue weighted by atomic mass is 9.51. The van der Waals surface area contributed by atoms with Gasteiger partial charge in [-0.15, -0.1) is 0 Å². The Bertz CT molecular complexity index is 323. The summed E-state index contributed by atoms with van der Waals surface area (Å²) in [7, 11) is 0. The number of hydrogen-bond acceptors (Lipinski definition) is 2. The average molecular weight is 238 g/mol. The summed E-state index contributed by atoms with van der Waals surface area (Å²) in [6.07, 6.45) is 4.44. The van der Waals surface area contributed by atoms with E-state index < -0.39 is 0 Å². The van der Waals surface area contributed by atoms with Crippen molar-refractivity contribution in [3.8, 4) is 0 Å². The van der Waals surface area contributed by atoms with Crippen LogP contribution in [0, 0.1) is 23.7 Å². The Kier molecular flexibility index (Phi) is 2.45. The highest BCUT2D eigenvalue weighted by Crippen LogP contribution is 2.60. The van der Waals surface area contributed by atoms with Gasteiger partial charge in [0.15, 0.2) is 0 Å². The highest BCUT2D eigenvalue weighted by molar-refractivity contribution is 5.12. The van der Waals surface area contributed by atoms with Crippen LogP contribution in [0.3, 0.4) is 0 Å². The van der Waals surface area contributed by atoms with E-state index in [1.807, 2.05) is 0 Å². The van der Waals surface area contributed by atoms with Crippen LogP contribution in [0.25, 0.3) is 0 Å². The third kappa shape index (κ3) is 1.46. The topological polar surface area (TPSA) is 29.5 Å². The zero-order valence-electron chi connectivity index (χ0n) is 11.6. The maximum atomic E-state index is 10.7. The lowest BCUT2D eigenvalue weighted by Crippen LogP contribution is -2.70. The van der Waals surface area contributed by atoms with Crippen molar-refractivity contribution in [3.63, 3.8) is 0 Å². The van der Waals surface area contributed by atoms with Gasteiger partial charge in [0.2, 0.25) is 0 Å². The van der Waals surface area contributed by atoms with Gasteiger partial charge in [-0.25, -0.2) is 0 Å². The lowest BCUT2D eigenvalue weighted by molar-refractivity contribution is -0.329.